The van der Waals surface area contributed by atoms with E-state index in [1.165, 1.54) is 0 Å². The van der Waals surface area contributed by atoms with Gasteiger partial charge >= 0.3 is 0 Å². The molecule has 0 radical (unpaired) electrons. The van der Waals surface area contributed by atoms with Gasteiger partial charge in [-0.1, -0.05) is 24.2 Å². The van der Waals surface area contributed by atoms with Crippen LogP contribution in [0.4, 0.5) is 0 Å². The van der Waals surface area contributed by atoms with Gasteiger partial charge < -0.3 is 14.6 Å². The lowest BCUT2D eigenvalue weighted by atomic mass is 10.1. The van der Waals surface area contributed by atoms with Gasteiger partial charge in [0, 0.05) is 41.6 Å². The van der Waals surface area contributed by atoms with E-state index in [0.717, 1.165) is 28.5 Å². The number of rotatable bonds is 7. The van der Waals surface area contributed by atoms with E-state index in [-0.39, 0.29) is 24.2 Å². The Kier molecular flexibility index (Phi) is 5.47. The number of benzene rings is 1. The fourth-order valence-electron chi connectivity index (χ4n) is 3.10. The van der Waals surface area contributed by atoms with E-state index >= 15 is 0 Å². The largest absolute Gasteiger partial charge is 0.485 e. The molecule has 0 aliphatic rings. The molecular formula is C22H20N4O3. The van der Waals surface area contributed by atoms with Crippen molar-refractivity contribution in [1.29, 1.82) is 0 Å². The average Bonchev–Trinajstić information content (AvgIpc) is 3.25. The summed E-state index contributed by atoms with van der Waals surface area (Å²) in [7, 11) is 0. The molecule has 0 saturated heterocycles. The van der Waals surface area contributed by atoms with Gasteiger partial charge in [0.1, 0.15) is 12.4 Å². The molecule has 3 heterocycles. The maximum atomic E-state index is 12.6. The summed E-state index contributed by atoms with van der Waals surface area (Å²) < 4.78 is 11.2. The van der Waals surface area contributed by atoms with Gasteiger partial charge in [-0.15, -0.1) is 0 Å². The quantitative estimate of drug-likeness (QED) is 0.513. The second-order valence-corrected chi connectivity index (χ2v) is 6.53. The number of hydrogen-bond donors (Lipinski definition) is 1. The van der Waals surface area contributed by atoms with Crippen molar-refractivity contribution in [2.45, 2.75) is 26.0 Å². The van der Waals surface area contributed by atoms with Crippen LogP contribution in [0.15, 0.2) is 71.8 Å². The van der Waals surface area contributed by atoms with Gasteiger partial charge in [0.25, 0.3) is 5.91 Å². The molecule has 7 nitrogen and oxygen atoms in total. The monoisotopic (exact) mass is 388 g/mol. The maximum Gasteiger partial charge on any atom is 0.273 e. The molecule has 0 saturated carbocycles. The Morgan fingerprint density at radius 1 is 1.14 bits per heavy atom. The first kappa shape index (κ1) is 18.6. The van der Waals surface area contributed by atoms with E-state index in [2.05, 4.69) is 20.4 Å². The molecule has 4 rings (SSSR count). The molecule has 1 amide bonds. The number of nitrogens with zero attached hydrogens (tertiary/aromatic N) is 3. The lowest BCUT2D eigenvalue weighted by Crippen LogP contribution is -2.28. The Hall–Kier alpha value is -3.74. The lowest BCUT2D eigenvalue weighted by Gasteiger charge is -2.16. The predicted molar refractivity (Wildman–Crippen MR) is 107 cm³/mol. The van der Waals surface area contributed by atoms with Gasteiger partial charge in [-0.25, -0.2) is 0 Å². The Morgan fingerprint density at radius 3 is 2.79 bits per heavy atom. The lowest BCUT2D eigenvalue weighted by molar-refractivity contribution is 0.0926. The highest BCUT2D eigenvalue weighted by Crippen LogP contribution is 2.25. The van der Waals surface area contributed by atoms with Crippen molar-refractivity contribution in [2.75, 3.05) is 0 Å². The van der Waals surface area contributed by atoms with E-state index in [1.807, 2.05) is 43.3 Å². The third-order valence-electron chi connectivity index (χ3n) is 4.62. The molecule has 0 bridgehead atoms. The van der Waals surface area contributed by atoms with Crippen LogP contribution in [0.25, 0.3) is 10.8 Å². The summed E-state index contributed by atoms with van der Waals surface area (Å²) >= 11 is 0. The van der Waals surface area contributed by atoms with Crippen molar-refractivity contribution in [3.63, 3.8) is 0 Å². The fourth-order valence-corrected chi connectivity index (χ4v) is 3.10. The zero-order valence-corrected chi connectivity index (χ0v) is 15.9. The van der Waals surface area contributed by atoms with Crippen LogP contribution in [0, 0.1) is 0 Å². The summed E-state index contributed by atoms with van der Waals surface area (Å²) in [5.41, 5.74) is 1.21. The number of nitrogens with one attached hydrogen (secondary N) is 1. The Morgan fingerprint density at radius 2 is 1.97 bits per heavy atom. The van der Waals surface area contributed by atoms with Gasteiger partial charge in [-0.2, -0.15) is 0 Å². The minimum absolute atomic E-state index is 0.119. The molecule has 1 aromatic carbocycles. The first-order valence-corrected chi connectivity index (χ1v) is 9.36. The molecule has 1 atom stereocenters. The summed E-state index contributed by atoms with van der Waals surface area (Å²) in [6, 6.07) is 12.9. The second kappa shape index (κ2) is 8.52. The Labute approximate surface area is 167 Å². The van der Waals surface area contributed by atoms with Crippen molar-refractivity contribution in [3.8, 4) is 5.75 Å². The summed E-state index contributed by atoms with van der Waals surface area (Å²) in [6.07, 6.45) is 7.67. The first-order valence-electron chi connectivity index (χ1n) is 9.36. The number of fused-ring (bicyclic) bond motifs is 1. The van der Waals surface area contributed by atoms with E-state index in [0.29, 0.717) is 5.76 Å². The minimum atomic E-state index is -0.292. The molecule has 1 unspecified atom stereocenters. The van der Waals surface area contributed by atoms with E-state index < -0.39 is 0 Å². The second-order valence-electron chi connectivity index (χ2n) is 6.53. The van der Waals surface area contributed by atoms with Crippen LogP contribution in [0.1, 0.15) is 41.2 Å². The van der Waals surface area contributed by atoms with Gasteiger partial charge in [-0.3, -0.25) is 14.8 Å². The van der Waals surface area contributed by atoms with Gasteiger partial charge in [0.15, 0.2) is 11.5 Å². The summed E-state index contributed by atoms with van der Waals surface area (Å²) in [6.45, 7) is 2.18. The number of aromatic nitrogens is 3. The molecular weight excluding hydrogens is 368 g/mol. The molecule has 3 aromatic heterocycles. The van der Waals surface area contributed by atoms with Crippen molar-refractivity contribution in [3.05, 3.63) is 84.3 Å². The number of pyridine rings is 2. The topological polar surface area (TPSA) is 90.1 Å². The number of hydrogen-bond acceptors (Lipinski definition) is 6. The molecule has 0 fully saturated rings. The fraction of sp³-hybridized carbons (Fsp3) is 0.182. The standard InChI is InChI=1S/C22H20N4O3/c1-2-19(15-6-9-23-10-7-15)25-22(27)20-12-17(29-26-20)14-28-21-5-3-4-16-13-24-11-8-18(16)21/h3-13,19H,2,14H2,1H3,(H,25,27). The van der Waals surface area contributed by atoms with Crippen LogP contribution in [0.2, 0.25) is 0 Å². The Bertz CT molecular complexity index is 1110. The smallest absolute Gasteiger partial charge is 0.273 e. The molecule has 146 valence electrons. The number of carbonyl (C=O) groups is 1. The summed E-state index contributed by atoms with van der Waals surface area (Å²) in [4.78, 5) is 20.7. The van der Waals surface area contributed by atoms with Crippen molar-refractivity contribution in [2.24, 2.45) is 0 Å². The Balaban J connectivity index is 1.42. The number of ether oxygens (including phenoxy) is 1. The van der Waals surface area contributed by atoms with Crippen molar-refractivity contribution < 1.29 is 14.1 Å². The van der Waals surface area contributed by atoms with Crippen LogP contribution in [-0.2, 0) is 6.61 Å². The highest BCUT2D eigenvalue weighted by Gasteiger charge is 2.18. The average molecular weight is 388 g/mol. The van der Waals surface area contributed by atoms with Crippen LogP contribution in [-0.4, -0.2) is 21.0 Å². The highest BCUT2D eigenvalue weighted by atomic mass is 16.5. The van der Waals surface area contributed by atoms with Crippen molar-refractivity contribution >= 4 is 16.7 Å². The van der Waals surface area contributed by atoms with Gasteiger partial charge in [0.2, 0.25) is 0 Å². The molecule has 4 aromatic rings. The summed E-state index contributed by atoms with van der Waals surface area (Å²) in [5, 5.41) is 8.81. The zero-order chi connectivity index (χ0) is 20.1. The van der Waals surface area contributed by atoms with E-state index in [1.54, 1.807) is 30.9 Å². The van der Waals surface area contributed by atoms with E-state index in [9.17, 15) is 4.79 Å². The third kappa shape index (κ3) is 4.24. The molecule has 1 N–H and O–H groups in total. The summed E-state index contributed by atoms with van der Waals surface area (Å²) in [5.74, 6) is 0.897. The molecule has 29 heavy (non-hydrogen) atoms. The molecule has 7 heteroatoms. The number of amides is 1. The third-order valence-corrected chi connectivity index (χ3v) is 4.62. The molecule has 0 aliphatic heterocycles. The predicted octanol–water partition coefficient (Wildman–Crippen LogP) is 4.08. The SMILES string of the molecule is CCC(NC(=O)c1cc(COc2cccc3cnccc23)on1)c1ccncc1. The molecule has 0 spiro atoms. The van der Waals surface area contributed by atoms with Crippen LogP contribution in [0.5, 0.6) is 5.75 Å². The molecule has 0 aliphatic carbocycles. The maximum absolute atomic E-state index is 12.6. The van der Waals surface area contributed by atoms with Crippen LogP contribution < -0.4 is 10.1 Å². The van der Waals surface area contributed by atoms with Gasteiger partial charge in [-0.05, 0) is 36.2 Å². The number of carbonyl (C=O) groups excluding carboxylic acids is 1. The zero-order valence-electron chi connectivity index (χ0n) is 15.9. The normalized spacial score (nSPS) is 11.9. The van der Waals surface area contributed by atoms with Gasteiger partial charge in [0.05, 0.1) is 6.04 Å². The van der Waals surface area contributed by atoms with Crippen LogP contribution >= 0.6 is 0 Å². The first-order chi connectivity index (χ1) is 14.2. The van der Waals surface area contributed by atoms with Crippen LogP contribution in [0.3, 0.4) is 0 Å². The van der Waals surface area contributed by atoms with E-state index in [4.69, 9.17) is 9.26 Å². The highest BCUT2D eigenvalue weighted by molar-refractivity contribution is 5.92. The van der Waals surface area contributed by atoms with Crippen molar-refractivity contribution in [1.82, 2.24) is 20.4 Å². The minimum Gasteiger partial charge on any atom is -0.485 e.